The molecule has 2 aromatic rings. The van der Waals surface area contributed by atoms with Gasteiger partial charge in [0.1, 0.15) is 16.1 Å². The van der Waals surface area contributed by atoms with Gasteiger partial charge in [0.05, 0.1) is 0 Å². The van der Waals surface area contributed by atoms with Crippen LogP contribution in [-0.4, -0.2) is 10.1 Å². The van der Waals surface area contributed by atoms with Gasteiger partial charge in [-0.05, 0) is 28.1 Å². The number of hydrogen-bond donors (Lipinski definition) is 1. The van der Waals surface area contributed by atoms with E-state index in [0.717, 1.165) is 4.60 Å². The third kappa shape index (κ3) is 2.24. The van der Waals surface area contributed by atoms with Gasteiger partial charge in [0.15, 0.2) is 0 Å². The smallest absolute Gasteiger partial charge is 0.279 e. The van der Waals surface area contributed by atoms with Crippen LogP contribution in [0.5, 0.6) is 16.7 Å². The van der Waals surface area contributed by atoms with Crippen molar-refractivity contribution in [3.8, 4) is 16.7 Å². The molecule has 0 saturated carbocycles. The first kappa shape index (κ1) is 9.48. The second kappa shape index (κ2) is 3.98. The van der Waals surface area contributed by atoms with Gasteiger partial charge in [0.2, 0.25) is 0 Å². The number of aromatic hydroxyl groups is 1. The van der Waals surface area contributed by atoms with Gasteiger partial charge >= 0.3 is 0 Å². The summed E-state index contributed by atoms with van der Waals surface area (Å²) in [5.41, 5.74) is 0. The summed E-state index contributed by atoms with van der Waals surface area (Å²) in [6.07, 6.45) is 0. The van der Waals surface area contributed by atoms with E-state index >= 15 is 0 Å². The minimum absolute atomic E-state index is 0.179. The highest BCUT2D eigenvalue weighted by Crippen LogP contribution is 2.28. The maximum absolute atomic E-state index is 9.19. The lowest BCUT2D eigenvalue weighted by molar-refractivity contribution is 0.453. The number of phenolic OH excluding ortho intramolecular Hbond substituents is 1. The molecule has 0 radical (unpaired) electrons. The number of ether oxygens (including phenoxy) is 1. The number of nitrogens with zero attached hydrogens (tertiary/aromatic N) is 1. The van der Waals surface area contributed by atoms with Crippen LogP contribution in [0.1, 0.15) is 0 Å². The molecule has 0 aliphatic rings. The van der Waals surface area contributed by atoms with E-state index in [1.54, 1.807) is 18.2 Å². The standard InChI is InChI=1S/C9H6BrNO2S/c10-8-5-14-9(11-8)13-7-3-1-2-6(12)4-7/h1-5,12H. The molecular weight excluding hydrogens is 266 g/mol. The number of aromatic nitrogens is 1. The van der Waals surface area contributed by atoms with E-state index < -0.39 is 0 Å². The Labute approximate surface area is 93.1 Å². The van der Waals surface area contributed by atoms with E-state index in [9.17, 15) is 5.11 Å². The maximum Gasteiger partial charge on any atom is 0.279 e. The molecular formula is C9H6BrNO2S. The summed E-state index contributed by atoms with van der Waals surface area (Å²) in [7, 11) is 0. The average Bonchev–Trinajstić information content (AvgIpc) is 2.51. The predicted molar refractivity (Wildman–Crippen MR) is 58.0 cm³/mol. The minimum atomic E-state index is 0.179. The molecule has 0 fully saturated rings. The van der Waals surface area contributed by atoms with Gasteiger partial charge in [-0.1, -0.05) is 17.4 Å². The van der Waals surface area contributed by atoms with Crippen LogP contribution in [0.3, 0.4) is 0 Å². The summed E-state index contributed by atoms with van der Waals surface area (Å²) >= 11 is 4.62. The Kier molecular flexibility index (Phi) is 2.69. The molecule has 1 aromatic heterocycles. The lowest BCUT2D eigenvalue weighted by Crippen LogP contribution is -1.81. The van der Waals surface area contributed by atoms with Gasteiger partial charge in [0.25, 0.3) is 5.19 Å². The highest BCUT2D eigenvalue weighted by Gasteiger charge is 2.02. The van der Waals surface area contributed by atoms with E-state index in [2.05, 4.69) is 20.9 Å². The molecule has 0 bridgehead atoms. The number of rotatable bonds is 2. The van der Waals surface area contributed by atoms with Crippen molar-refractivity contribution in [2.75, 3.05) is 0 Å². The van der Waals surface area contributed by atoms with Crippen LogP contribution in [-0.2, 0) is 0 Å². The fraction of sp³-hybridized carbons (Fsp3) is 0. The van der Waals surface area contributed by atoms with Crippen LogP contribution in [0.15, 0.2) is 34.2 Å². The van der Waals surface area contributed by atoms with Crippen molar-refractivity contribution in [1.82, 2.24) is 4.98 Å². The molecule has 0 spiro atoms. The van der Waals surface area contributed by atoms with Crippen molar-refractivity contribution < 1.29 is 9.84 Å². The van der Waals surface area contributed by atoms with Gasteiger partial charge in [0, 0.05) is 11.4 Å². The Morgan fingerprint density at radius 1 is 1.43 bits per heavy atom. The Morgan fingerprint density at radius 2 is 2.29 bits per heavy atom. The van der Waals surface area contributed by atoms with Gasteiger partial charge in [-0.25, -0.2) is 0 Å². The fourth-order valence-electron chi connectivity index (χ4n) is 0.934. The van der Waals surface area contributed by atoms with E-state index in [-0.39, 0.29) is 5.75 Å². The lowest BCUT2D eigenvalue weighted by atomic mass is 10.3. The Hall–Kier alpha value is -1.07. The average molecular weight is 272 g/mol. The molecule has 2 rings (SSSR count). The van der Waals surface area contributed by atoms with E-state index in [4.69, 9.17) is 4.74 Å². The number of halogens is 1. The third-order valence-corrected chi connectivity index (χ3v) is 2.90. The molecule has 0 atom stereocenters. The quantitative estimate of drug-likeness (QED) is 0.911. The van der Waals surface area contributed by atoms with Crippen molar-refractivity contribution >= 4 is 27.3 Å². The van der Waals surface area contributed by atoms with Crippen molar-refractivity contribution in [3.05, 3.63) is 34.2 Å². The first-order chi connectivity index (χ1) is 6.74. The molecule has 1 N–H and O–H groups in total. The number of thiazole rings is 1. The summed E-state index contributed by atoms with van der Waals surface area (Å²) in [6, 6.07) is 6.60. The molecule has 14 heavy (non-hydrogen) atoms. The van der Waals surface area contributed by atoms with E-state index in [0.29, 0.717) is 10.9 Å². The molecule has 1 heterocycles. The zero-order valence-electron chi connectivity index (χ0n) is 6.98. The van der Waals surface area contributed by atoms with Crippen molar-refractivity contribution in [2.24, 2.45) is 0 Å². The normalized spacial score (nSPS) is 10.1. The first-order valence-electron chi connectivity index (χ1n) is 3.82. The maximum atomic E-state index is 9.19. The van der Waals surface area contributed by atoms with E-state index in [1.165, 1.54) is 17.4 Å². The van der Waals surface area contributed by atoms with Gasteiger partial charge < -0.3 is 9.84 Å². The Morgan fingerprint density at radius 3 is 2.93 bits per heavy atom. The fourth-order valence-corrected chi connectivity index (χ4v) is 2.04. The largest absolute Gasteiger partial charge is 0.508 e. The summed E-state index contributed by atoms with van der Waals surface area (Å²) < 4.78 is 6.15. The van der Waals surface area contributed by atoms with Crippen LogP contribution in [0.4, 0.5) is 0 Å². The Balaban J connectivity index is 2.18. The molecule has 0 amide bonds. The van der Waals surface area contributed by atoms with Gasteiger partial charge in [-0.2, -0.15) is 4.98 Å². The highest BCUT2D eigenvalue weighted by molar-refractivity contribution is 9.10. The number of phenols is 1. The number of benzene rings is 1. The van der Waals surface area contributed by atoms with Crippen molar-refractivity contribution in [2.45, 2.75) is 0 Å². The topological polar surface area (TPSA) is 42.4 Å². The summed E-state index contributed by atoms with van der Waals surface area (Å²) in [5.74, 6) is 0.755. The zero-order chi connectivity index (χ0) is 9.97. The minimum Gasteiger partial charge on any atom is -0.508 e. The van der Waals surface area contributed by atoms with Gasteiger partial charge in [-0.3, -0.25) is 0 Å². The molecule has 72 valence electrons. The molecule has 0 aliphatic heterocycles. The molecule has 0 aliphatic carbocycles. The van der Waals surface area contributed by atoms with Gasteiger partial charge in [-0.15, -0.1) is 0 Å². The summed E-state index contributed by atoms with van der Waals surface area (Å²) in [5, 5.41) is 11.6. The third-order valence-electron chi connectivity index (χ3n) is 1.48. The molecule has 1 aromatic carbocycles. The van der Waals surface area contributed by atoms with Crippen LogP contribution in [0.25, 0.3) is 0 Å². The summed E-state index contributed by atoms with van der Waals surface area (Å²) in [6.45, 7) is 0. The summed E-state index contributed by atoms with van der Waals surface area (Å²) in [4.78, 5) is 4.07. The number of hydrogen-bond acceptors (Lipinski definition) is 4. The van der Waals surface area contributed by atoms with E-state index in [1.807, 2.05) is 5.38 Å². The molecule has 3 nitrogen and oxygen atoms in total. The SMILES string of the molecule is Oc1cccc(Oc2nc(Br)cs2)c1. The van der Waals surface area contributed by atoms with Crippen molar-refractivity contribution in [1.29, 1.82) is 0 Å². The first-order valence-corrected chi connectivity index (χ1v) is 5.49. The van der Waals surface area contributed by atoms with Crippen LogP contribution in [0, 0.1) is 0 Å². The zero-order valence-corrected chi connectivity index (χ0v) is 9.38. The van der Waals surface area contributed by atoms with Crippen LogP contribution in [0.2, 0.25) is 0 Å². The molecule has 0 unspecified atom stereocenters. The van der Waals surface area contributed by atoms with Crippen molar-refractivity contribution in [3.63, 3.8) is 0 Å². The monoisotopic (exact) mass is 271 g/mol. The van der Waals surface area contributed by atoms with Crippen LogP contribution < -0.4 is 4.74 Å². The molecule has 5 heteroatoms. The predicted octanol–water partition coefficient (Wildman–Crippen LogP) is 3.40. The Bertz CT molecular complexity index is 444. The molecule has 0 saturated heterocycles. The second-order valence-electron chi connectivity index (χ2n) is 2.54. The lowest BCUT2D eigenvalue weighted by Gasteiger charge is -2.00. The van der Waals surface area contributed by atoms with Crippen LogP contribution >= 0.6 is 27.3 Å². The highest BCUT2D eigenvalue weighted by atomic mass is 79.9. The second-order valence-corrected chi connectivity index (χ2v) is 4.17.